The normalized spacial score (nSPS) is 11.6. The van der Waals surface area contributed by atoms with E-state index in [9.17, 15) is 22.4 Å². The van der Waals surface area contributed by atoms with Gasteiger partial charge in [0.25, 0.3) is 6.43 Å². The van der Waals surface area contributed by atoms with Crippen molar-refractivity contribution in [3.63, 3.8) is 0 Å². The van der Waals surface area contributed by atoms with Crippen molar-refractivity contribution in [1.82, 2.24) is 19.1 Å². The number of aromatic nitrogens is 4. The first kappa shape index (κ1) is 43.1. The second kappa shape index (κ2) is 18.8. The molecule has 1 amide bonds. The Kier molecular flexibility index (Phi) is 12.9. The van der Waals surface area contributed by atoms with Gasteiger partial charge in [-0.05, 0) is 91.6 Å². The van der Waals surface area contributed by atoms with E-state index in [0.29, 0.717) is 44.6 Å². The number of alkyl halides is 2. The van der Waals surface area contributed by atoms with E-state index >= 15 is 0 Å². The van der Waals surface area contributed by atoms with Crippen LogP contribution in [-0.2, 0) is 16.2 Å². The molecule has 0 radical (unpaired) electrons. The Morgan fingerprint density at radius 1 is 0.619 bits per heavy atom. The minimum atomic E-state index is -2.53. The predicted octanol–water partition coefficient (Wildman–Crippen LogP) is 14.2. The van der Waals surface area contributed by atoms with Crippen molar-refractivity contribution < 1.29 is 27.1 Å². The standard InChI is InChI=1S/C50H41F4N5O2S2/c1-50(2,3)61-49(60)55-41-24-12-33(13-25-41)31-63-48-57-45(29-59(48)43-9-5-7-40(52)27-43)37-22-18-35(19-23-37)34-16-20-36(21-17-34)44-28-58(42-8-4-6-39(51)26-42)47(56-44)62-30-32-10-14-38(15-11-32)46(53)54/h4-29,46H,30-31H2,1-3H3,(H,55,60). The lowest BCUT2D eigenvalue weighted by atomic mass is 10.0. The van der Waals surface area contributed by atoms with E-state index in [1.54, 1.807) is 24.3 Å². The maximum Gasteiger partial charge on any atom is 0.412 e. The Balaban J connectivity index is 0.986. The molecular weight excluding hydrogens is 843 g/mol. The third kappa shape index (κ3) is 10.9. The van der Waals surface area contributed by atoms with Crippen LogP contribution in [-0.4, -0.2) is 30.8 Å². The SMILES string of the molecule is CC(C)(C)OC(=O)Nc1ccc(CSc2nc(-c3ccc(-c4ccc(-c5cn(-c6cccc(F)c6)c(SCc6ccc(C(F)F)cc6)n5)cc4)cc3)cn2-c2cccc(F)c2)cc1. The summed E-state index contributed by atoms with van der Waals surface area (Å²) in [5.74, 6) is 0.352. The van der Waals surface area contributed by atoms with E-state index in [-0.39, 0.29) is 17.2 Å². The summed E-state index contributed by atoms with van der Waals surface area (Å²) in [6.45, 7) is 5.43. The van der Waals surface area contributed by atoms with Gasteiger partial charge in [0.2, 0.25) is 0 Å². The molecule has 0 saturated carbocycles. The number of ether oxygens (including phenoxy) is 1. The molecule has 0 aliphatic heterocycles. The number of carbonyl (C=O) groups is 1. The van der Waals surface area contributed by atoms with Crippen LogP contribution in [0.2, 0.25) is 0 Å². The quantitative estimate of drug-likeness (QED) is 0.0918. The van der Waals surface area contributed by atoms with Gasteiger partial charge in [0.15, 0.2) is 10.3 Å². The van der Waals surface area contributed by atoms with E-state index in [2.05, 4.69) is 5.32 Å². The van der Waals surface area contributed by atoms with E-state index in [1.165, 1.54) is 59.9 Å². The van der Waals surface area contributed by atoms with Crippen molar-refractivity contribution in [2.24, 2.45) is 0 Å². The fourth-order valence-electron chi connectivity index (χ4n) is 6.66. The third-order valence-electron chi connectivity index (χ3n) is 9.78. The third-order valence-corrected chi connectivity index (χ3v) is 11.8. The maximum atomic E-state index is 14.4. The number of nitrogens with zero attached hydrogens (tertiary/aromatic N) is 4. The minimum absolute atomic E-state index is 0.0292. The highest BCUT2D eigenvalue weighted by molar-refractivity contribution is 7.98. The molecule has 7 nitrogen and oxygen atoms in total. The molecule has 2 aromatic heterocycles. The van der Waals surface area contributed by atoms with E-state index < -0.39 is 18.1 Å². The number of hydrogen-bond donors (Lipinski definition) is 1. The molecule has 0 aliphatic rings. The van der Waals surface area contributed by atoms with Crippen LogP contribution in [0.5, 0.6) is 0 Å². The highest BCUT2D eigenvalue weighted by atomic mass is 32.2. The van der Waals surface area contributed by atoms with Gasteiger partial charge in [-0.25, -0.2) is 32.3 Å². The molecule has 2 heterocycles. The molecule has 8 aromatic rings. The number of amides is 1. The van der Waals surface area contributed by atoms with Crippen LogP contribution in [0.25, 0.3) is 45.0 Å². The fourth-order valence-corrected chi connectivity index (χ4v) is 8.55. The summed E-state index contributed by atoms with van der Waals surface area (Å²) in [4.78, 5) is 22.1. The summed E-state index contributed by atoms with van der Waals surface area (Å²) in [6.07, 6.45) is 0.733. The number of hydrogen-bond acceptors (Lipinski definition) is 6. The van der Waals surface area contributed by atoms with Crippen LogP contribution in [0, 0.1) is 11.6 Å². The lowest BCUT2D eigenvalue weighted by molar-refractivity contribution is 0.0636. The molecular formula is C50H41F4N5O2S2. The fraction of sp³-hybridized carbons (Fsp3) is 0.140. The summed E-state index contributed by atoms with van der Waals surface area (Å²) in [5, 5.41) is 4.08. The molecule has 63 heavy (non-hydrogen) atoms. The van der Waals surface area contributed by atoms with Gasteiger partial charge in [-0.1, -0.05) is 121 Å². The van der Waals surface area contributed by atoms with Gasteiger partial charge in [-0.15, -0.1) is 0 Å². The van der Waals surface area contributed by atoms with Gasteiger partial charge < -0.3 is 4.74 Å². The molecule has 0 spiro atoms. The lowest BCUT2D eigenvalue weighted by Crippen LogP contribution is -2.27. The molecule has 0 atom stereocenters. The van der Waals surface area contributed by atoms with Crippen LogP contribution < -0.4 is 5.32 Å². The van der Waals surface area contributed by atoms with Gasteiger partial charge in [0.05, 0.1) is 22.8 Å². The number of anilines is 1. The zero-order chi connectivity index (χ0) is 44.1. The van der Waals surface area contributed by atoms with E-state index in [4.69, 9.17) is 14.7 Å². The van der Waals surface area contributed by atoms with Gasteiger partial charge in [-0.2, -0.15) is 0 Å². The van der Waals surface area contributed by atoms with Crippen molar-refractivity contribution in [2.45, 2.75) is 54.6 Å². The molecule has 318 valence electrons. The molecule has 0 aliphatic carbocycles. The molecule has 8 rings (SSSR count). The number of nitrogens with one attached hydrogen (secondary N) is 1. The predicted molar refractivity (Wildman–Crippen MR) is 244 cm³/mol. The van der Waals surface area contributed by atoms with Crippen LogP contribution in [0.4, 0.5) is 28.0 Å². The summed E-state index contributed by atoms with van der Waals surface area (Å²) >= 11 is 2.96. The molecule has 6 aromatic carbocycles. The van der Waals surface area contributed by atoms with Crippen molar-refractivity contribution in [2.75, 3.05) is 5.32 Å². The van der Waals surface area contributed by atoms with Crippen LogP contribution in [0.3, 0.4) is 0 Å². The monoisotopic (exact) mass is 883 g/mol. The first-order valence-corrected chi connectivity index (χ1v) is 21.9. The number of imidazole rings is 2. The zero-order valence-corrected chi connectivity index (χ0v) is 36.1. The zero-order valence-electron chi connectivity index (χ0n) is 34.4. The lowest BCUT2D eigenvalue weighted by Gasteiger charge is -2.19. The topological polar surface area (TPSA) is 74.0 Å². The number of carbonyl (C=O) groups excluding carboxylic acids is 1. The first-order valence-electron chi connectivity index (χ1n) is 20.0. The van der Waals surface area contributed by atoms with Crippen LogP contribution in [0.15, 0.2) is 168 Å². The van der Waals surface area contributed by atoms with E-state index in [0.717, 1.165) is 39.1 Å². The number of halogens is 4. The Hall–Kier alpha value is -6.57. The van der Waals surface area contributed by atoms with Crippen LogP contribution in [0.1, 0.15) is 43.9 Å². The average Bonchev–Trinajstić information content (AvgIpc) is 3.90. The summed E-state index contributed by atoms with van der Waals surface area (Å²) in [7, 11) is 0. The molecule has 13 heteroatoms. The van der Waals surface area contributed by atoms with Gasteiger partial charge >= 0.3 is 6.09 Å². The smallest absolute Gasteiger partial charge is 0.412 e. The van der Waals surface area contributed by atoms with Gasteiger partial charge in [0, 0.05) is 46.3 Å². The van der Waals surface area contributed by atoms with Gasteiger partial charge in [-0.3, -0.25) is 14.5 Å². The number of thioether (sulfide) groups is 2. The van der Waals surface area contributed by atoms with Crippen LogP contribution >= 0.6 is 23.5 Å². The summed E-state index contributed by atoms with van der Waals surface area (Å²) in [5.41, 5.74) is 8.31. The van der Waals surface area contributed by atoms with Crippen molar-refractivity contribution >= 4 is 35.3 Å². The Labute approximate surface area is 371 Å². The summed E-state index contributed by atoms with van der Waals surface area (Å²) < 4.78 is 64.0. The van der Waals surface area contributed by atoms with Gasteiger partial charge in [0.1, 0.15) is 17.2 Å². The maximum absolute atomic E-state index is 14.4. The van der Waals surface area contributed by atoms with Crippen molar-refractivity contribution in [1.29, 1.82) is 0 Å². The first-order chi connectivity index (χ1) is 30.3. The Bertz CT molecular complexity index is 2840. The van der Waals surface area contributed by atoms with Crippen molar-refractivity contribution in [3.8, 4) is 45.0 Å². The molecule has 0 unspecified atom stereocenters. The number of rotatable bonds is 13. The average molecular weight is 884 g/mol. The summed E-state index contributed by atoms with van der Waals surface area (Å²) in [6, 6.07) is 42.6. The molecule has 0 fully saturated rings. The highest BCUT2D eigenvalue weighted by Gasteiger charge is 2.18. The highest BCUT2D eigenvalue weighted by Crippen LogP contribution is 2.34. The Morgan fingerprint density at radius 3 is 1.46 bits per heavy atom. The van der Waals surface area contributed by atoms with Crippen molar-refractivity contribution in [3.05, 3.63) is 186 Å². The largest absolute Gasteiger partial charge is 0.444 e. The number of benzene rings is 6. The second-order valence-corrected chi connectivity index (χ2v) is 17.5. The second-order valence-electron chi connectivity index (χ2n) is 15.6. The molecule has 0 saturated heterocycles. The molecule has 1 N–H and O–H groups in total. The Morgan fingerprint density at radius 2 is 1.05 bits per heavy atom. The van der Waals surface area contributed by atoms with E-state index in [1.807, 2.05) is 127 Å². The minimum Gasteiger partial charge on any atom is -0.444 e. The molecule has 0 bridgehead atoms.